The van der Waals surface area contributed by atoms with E-state index in [4.69, 9.17) is 0 Å². The summed E-state index contributed by atoms with van der Waals surface area (Å²) >= 11 is 0. The predicted molar refractivity (Wildman–Crippen MR) is 125 cm³/mol. The first-order chi connectivity index (χ1) is 16.7. The fourth-order valence-electron chi connectivity index (χ4n) is 5.00. The minimum absolute atomic E-state index is 0.106. The largest absolute Gasteiger partial charge is 0.368 e. The molecular weight excluding hydrogens is 457 g/mol. The van der Waals surface area contributed by atoms with Crippen molar-refractivity contribution in [1.29, 1.82) is 5.26 Å². The molecule has 3 fully saturated rings. The van der Waals surface area contributed by atoms with E-state index in [9.17, 15) is 18.8 Å². The fourth-order valence-corrected chi connectivity index (χ4v) is 5.00. The molecule has 5 rings (SSSR count). The summed E-state index contributed by atoms with van der Waals surface area (Å²) < 4.78 is 42.4. The molecule has 184 valence electrons. The zero-order valence-electron chi connectivity index (χ0n) is 19.6. The Balaban J connectivity index is 1.40. The zero-order chi connectivity index (χ0) is 24.8. The Morgan fingerprint density at radius 1 is 1.03 bits per heavy atom. The minimum atomic E-state index is -2.69. The van der Waals surface area contributed by atoms with Gasteiger partial charge in [0.05, 0.1) is 16.8 Å². The third-order valence-electron chi connectivity index (χ3n) is 7.44. The van der Waals surface area contributed by atoms with E-state index in [2.05, 4.69) is 15.3 Å². The van der Waals surface area contributed by atoms with Gasteiger partial charge in [-0.25, -0.2) is 18.2 Å². The number of alkyl halides is 2. The molecule has 2 saturated heterocycles. The van der Waals surface area contributed by atoms with Gasteiger partial charge in [0, 0.05) is 50.8 Å². The third-order valence-corrected chi connectivity index (χ3v) is 7.44. The van der Waals surface area contributed by atoms with Crippen molar-refractivity contribution in [2.75, 3.05) is 41.3 Å². The summed E-state index contributed by atoms with van der Waals surface area (Å²) in [6, 6.07) is 6.22. The van der Waals surface area contributed by atoms with Gasteiger partial charge in [-0.1, -0.05) is 0 Å². The van der Waals surface area contributed by atoms with Crippen LogP contribution < -0.4 is 15.1 Å². The molecule has 0 radical (unpaired) electrons. The van der Waals surface area contributed by atoms with E-state index in [1.54, 1.807) is 17.9 Å². The zero-order valence-corrected chi connectivity index (χ0v) is 19.6. The number of carbonyl (C=O) groups is 1. The second-order valence-electron chi connectivity index (χ2n) is 9.91. The molecule has 2 aliphatic heterocycles. The summed E-state index contributed by atoms with van der Waals surface area (Å²) in [6.45, 7) is 3.22. The molecule has 0 unspecified atom stereocenters. The highest BCUT2D eigenvalue weighted by Crippen LogP contribution is 2.54. The number of rotatable bonds is 4. The van der Waals surface area contributed by atoms with Gasteiger partial charge in [0.1, 0.15) is 11.9 Å². The number of nitrogens with one attached hydrogen (secondary N) is 1. The van der Waals surface area contributed by atoms with Crippen LogP contribution in [0.25, 0.3) is 0 Å². The maximum Gasteiger partial charge on any atom is 0.259 e. The number of piperidine rings is 2. The van der Waals surface area contributed by atoms with Crippen LogP contribution in [-0.4, -0.2) is 48.0 Å². The number of benzene rings is 1. The van der Waals surface area contributed by atoms with Gasteiger partial charge < -0.3 is 15.1 Å². The summed E-state index contributed by atoms with van der Waals surface area (Å²) in [7, 11) is 0. The highest BCUT2D eigenvalue weighted by Gasteiger charge is 2.45. The summed E-state index contributed by atoms with van der Waals surface area (Å²) in [6.07, 6.45) is 3.70. The summed E-state index contributed by atoms with van der Waals surface area (Å²) in [5.41, 5.74) is 1.10. The topological polar surface area (TPSA) is 85.2 Å². The number of hydrogen-bond donors (Lipinski definition) is 1. The maximum atomic E-state index is 15.3. The normalized spacial score (nSPS) is 20.4. The lowest BCUT2D eigenvalue weighted by Crippen LogP contribution is -2.40. The molecule has 1 saturated carbocycles. The Hall–Kier alpha value is -3.35. The number of aromatic nitrogens is 2. The molecule has 0 bridgehead atoms. The van der Waals surface area contributed by atoms with Crippen LogP contribution in [0.3, 0.4) is 0 Å². The van der Waals surface area contributed by atoms with Gasteiger partial charge in [-0.15, -0.1) is 0 Å². The van der Waals surface area contributed by atoms with Gasteiger partial charge >= 0.3 is 0 Å². The predicted octanol–water partition coefficient (Wildman–Crippen LogP) is 4.66. The van der Waals surface area contributed by atoms with Crippen molar-refractivity contribution in [3.8, 4) is 6.07 Å². The number of amides is 1. The molecule has 7 nitrogen and oxygen atoms in total. The highest BCUT2D eigenvalue weighted by molar-refractivity contribution is 6.08. The molecule has 0 atom stereocenters. The summed E-state index contributed by atoms with van der Waals surface area (Å²) in [5.74, 6) is -3.46. The Labute approximate surface area is 202 Å². The van der Waals surface area contributed by atoms with Crippen LogP contribution in [0.1, 0.15) is 60.1 Å². The van der Waals surface area contributed by atoms with E-state index in [0.717, 1.165) is 12.8 Å². The molecule has 35 heavy (non-hydrogen) atoms. The van der Waals surface area contributed by atoms with Gasteiger partial charge in [0.15, 0.2) is 5.82 Å². The van der Waals surface area contributed by atoms with E-state index >= 15 is 4.39 Å². The molecule has 10 heteroatoms. The average molecular weight is 485 g/mol. The molecular formula is C25H27F3N6O. The molecule has 3 aliphatic rings. The highest BCUT2D eigenvalue weighted by atomic mass is 19.3. The number of nitriles is 1. The second kappa shape index (κ2) is 8.70. The SMILES string of the molecule is Cc1cc(NC(=O)c2ccc(C#N)c(F)c2N2CCC3(CC2)CC3)nc(N2CCC(F)(F)CC2)n1. The Bertz CT molecular complexity index is 1190. The first-order valence-corrected chi connectivity index (χ1v) is 12.0. The second-order valence-corrected chi connectivity index (χ2v) is 9.91. The minimum Gasteiger partial charge on any atom is -0.368 e. The fraction of sp³-hybridized carbons (Fsp3) is 0.520. The van der Waals surface area contributed by atoms with Gasteiger partial charge in [0.2, 0.25) is 5.95 Å². The Kier molecular flexibility index (Phi) is 5.82. The number of hydrogen-bond acceptors (Lipinski definition) is 6. The molecule has 1 aliphatic carbocycles. The van der Waals surface area contributed by atoms with E-state index in [1.165, 1.54) is 25.0 Å². The lowest BCUT2D eigenvalue weighted by atomic mass is 9.92. The van der Waals surface area contributed by atoms with Crippen LogP contribution in [0.4, 0.5) is 30.6 Å². The average Bonchev–Trinajstić information content (AvgIpc) is 3.58. The lowest BCUT2D eigenvalue weighted by Gasteiger charge is -2.35. The standard InChI is InChI=1S/C25H27F3N6O/c1-16-14-19(32-23(30-16)34-12-8-25(27,28)9-13-34)31-22(35)18-3-2-17(15-29)20(26)21(18)33-10-6-24(4-5-24)7-11-33/h2-3,14H,4-13H2,1H3,(H,30,31,32,35). The van der Waals surface area contributed by atoms with Crippen molar-refractivity contribution in [2.45, 2.75) is 51.4 Å². The van der Waals surface area contributed by atoms with Gasteiger partial charge in [0.25, 0.3) is 11.8 Å². The molecule has 1 N–H and O–H groups in total. The van der Waals surface area contributed by atoms with Crippen molar-refractivity contribution in [3.05, 3.63) is 40.8 Å². The van der Waals surface area contributed by atoms with Gasteiger partial charge in [-0.2, -0.15) is 10.2 Å². The number of carbonyl (C=O) groups excluding carboxylic acids is 1. The van der Waals surface area contributed by atoms with Gasteiger partial charge in [-0.3, -0.25) is 4.79 Å². The molecule has 2 aromatic rings. The van der Waals surface area contributed by atoms with Crippen molar-refractivity contribution in [2.24, 2.45) is 5.41 Å². The van der Waals surface area contributed by atoms with Crippen LogP contribution in [0.2, 0.25) is 0 Å². The smallest absolute Gasteiger partial charge is 0.259 e. The number of aryl methyl sites for hydroxylation is 1. The van der Waals surface area contributed by atoms with Crippen molar-refractivity contribution in [1.82, 2.24) is 9.97 Å². The van der Waals surface area contributed by atoms with Crippen LogP contribution in [0.15, 0.2) is 18.2 Å². The third kappa shape index (κ3) is 4.77. The van der Waals surface area contributed by atoms with E-state index in [0.29, 0.717) is 24.2 Å². The van der Waals surface area contributed by atoms with E-state index in [1.807, 2.05) is 11.0 Å². The van der Waals surface area contributed by atoms with Crippen molar-refractivity contribution in [3.63, 3.8) is 0 Å². The molecule has 1 spiro atoms. The maximum absolute atomic E-state index is 15.3. The Morgan fingerprint density at radius 3 is 2.31 bits per heavy atom. The van der Waals surface area contributed by atoms with Crippen molar-refractivity contribution >= 4 is 23.4 Å². The first kappa shape index (κ1) is 23.4. The summed E-state index contributed by atoms with van der Waals surface area (Å²) in [4.78, 5) is 25.5. The van der Waals surface area contributed by atoms with Crippen LogP contribution in [-0.2, 0) is 0 Å². The van der Waals surface area contributed by atoms with Crippen LogP contribution in [0, 0.1) is 29.5 Å². The molecule has 1 aromatic carbocycles. The number of nitrogens with zero attached hydrogens (tertiary/aromatic N) is 5. The van der Waals surface area contributed by atoms with E-state index < -0.39 is 17.6 Å². The number of halogens is 3. The summed E-state index contributed by atoms with van der Waals surface area (Å²) in [5, 5.41) is 12.1. The van der Waals surface area contributed by atoms with Crippen molar-refractivity contribution < 1.29 is 18.0 Å². The molecule has 1 amide bonds. The quantitative estimate of drug-likeness (QED) is 0.679. The number of anilines is 3. The lowest BCUT2D eigenvalue weighted by molar-refractivity contribution is -0.0222. The first-order valence-electron chi connectivity index (χ1n) is 12.0. The van der Waals surface area contributed by atoms with Gasteiger partial charge in [-0.05, 0) is 50.2 Å². The van der Waals surface area contributed by atoms with Crippen LogP contribution in [0.5, 0.6) is 0 Å². The monoisotopic (exact) mass is 484 g/mol. The molecule has 3 heterocycles. The van der Waals surface area contributed by atoms with E-state index in [-0.39, 0.29) is 54.5 Å². The molecule has 1 aromatic heterocycles. The van der Waals surface area contributed by atoms with Crippen LogP contribution >= 0.6 is 0 Å². The Morgan fingerprint density at radius 2 is 1.69 bits per heavy atom.